The highest BCUT2D eigenvalue weighted by Crippen LogP contribution is 2.32. The second kappa shape index (κ2) is 7.33. The number of ether oxygens (including phenoxy) is 1. The fourth-order valence-corrected chi connectivity index (χ4v) is 3.31. The van der Waals surface area contributed by atoms with Gasteiger partial charge < -0.3 is 9.72 Å². The number of aliphatic imine (C=N–C) groups is 1. The molecule has 0 saturated carbocycles. The summed E-state index contributed by atoms with van der Waals surface area (Å²) in [6.45, 7) is 0. The zero-order valence-electron chi connectivity index (χ0n) is 14.2. The Morgan fingerprint density at radius 1 is 0.962 bits per heavy atom. The molecular weight excluding hydrogens is 435 g/mol. The number of benzene rings is 3. The van der Waals surface area contributed by atoms with Gasteiger partial charge in [-0.05, 0) is 70.6 Å². The first-order valence-corrected chi connectivity index (χ1v) is 9.37. The third-order valence-corrected chi connectivity index (χ3v) is 5.00. The van der Waals surface area contributed by atoms with Gasteiger partial charge in [0.1, 0.15) is 5.75 Å². The molecule has 1 aromatic heterocycles. The van der Waals surface area contributed by atoms with Gasteiger partial charge in [-0.1, -0.05) is 30.3 Å². The highest BCUT2D eigenvalue weighted by molar-refractivity contribution is 14.1. The van der Waals surface area contributed by atoms with E-state index in [2.05, 4.69) is 51.8 Å². The third kappa shape index (κ3) is 3.37. The maximum atomic E-state index is 5.41. The lowest BCUT2D eigenvalue weighted by Crippen LogP contribution is -1.86. The van der Waals surface area contributed by atoms with E-state index in [9.17, 15) is 0 Å². The van der Waals surface area contributed by atoms with Crippen LogP contribution in [-0.2, 0) is 0 Å². The Labute approximate surface area is 165 Å². The molecule has 3 nitrogen and oxygen atoms in total. The molecule has 1 heterocycles. The number of H-pyrrole nitrogens is 1. The van der Waals surface area contributed by atoms with Crippen molar-refractivity contribution < 1.29 is 4.74 Å². The molecule has 0 saturated heterocycles. The molecule has 4 heteroatoms. The normalized spacial score (nSPS) is 11.3. The fraction of sp³-hybridized carbons (Fsp3) is 0.0455. The SMILES string of the molecule is COc1ccc2[nH]c(-c3ccccc3)c(C=Nc3ccc(I)cc3)c2c1. The molecule has 26 heavy (non-hydrogen) atoms. The highest BCUT2D eigenvalue weighted by Gasteiger charge is 2.12. The van der Waals surface area contributed by atoms with E-state index in [1.165, 1.54) is 3.57 Å². The molecule has 0 aliphatic heterocycles. The second-order valence-corrected chi connectivity index (χ2v) is 7.17. The first kappa shape index (κ1) is 16.8. The first-order valence-electron chi connectivity index (χ1n) is 8.29. The number of halogens is 1. The molecular formula is C22H17IN2O. The number of hydrogen-bond donors (Lipinski definition) is 1. The minimum atomic E-state index is 0.833. The molecule has 4 aromatic rings. The minimum Gasteiger partial charge on any atom is -0.497 e. The van der Waals surface area contributed by atoms with Crippen molar-refractivity contribution in [3.8, 4) is 17.0 Å². The van der Waals surface area contributed by atoms with Crippen molar-refractivity contribution in [2.45, 2.75) is 0 Å². The van der Waals surface area contributed by atoms with Gasteiger partial charge in [0.2, 0.25) is 0 Å². The van der Waals surface area contributed by atoms with E-state index < -0.39 is 0 Å². The predicted molar refractivity (Wildman–Crippen MR) is 117 cm³/mol. The van der Waals surface area contributed by atoms with Crippen LogP contribution in [0.4, 0.5) is 5.69 Å². The number of rotatable bonds is 4. The molecule has 0 aliphatic carbocycles. The van der Waals surface area contributed by atoms with Gasteiger partial charge in [-0.25, -0.2) is 0 Å². The summed E-state index contributed by atoms with van der Waals surface area (Å²) in [6.07, 6.45) is 1.93. The predicted octanol–water partition coefficient (Wildman–Crippen LogP) is 6.20. The quantitative estimate of drug-likeness (QED) is 0.291. The topological polar surface area (TPSA) is 37.4 Å². The molecule has 0 fully saturated rings. The van der Waals surface area contributed by atoms with E-state index >= 15 is 0 Å². The van der Waals surface area contributed by atoms with Crippen molar-refractivity contribution in [1.29, 1.82) is 0 Å². The van der Waals surface area contributed by atoms with Crippen LogP contribution in [0.25, 0.3) is 22.2 Å². The Morgan fingerprint density at radius 3 is 2.46 bits per heavy atom. The summed E-state index contributed by atoms with van der Waals surface area (Å²) in [5.41, 5.74) is 5.24. The Balaban J connectivity index is 1.87. The number of nitrogens with one attached hydrogen (secondary N) is 1. The molecule has 0 amide bonds. The largest absolute Gasteiger partial charge is 0.497 e. The fourth-order valence-electron chi connectivity index (χ4n) is 2.95. The third-order valence-electron chi connectivity index (χ3n) is 4.28. The van der Waals surface area contributed by atoms with Crippen molar-refractivity contribution in [3.63, 3.8) is 0 Å². The molecule has 0 bridgehead atoms. The lowest BCUT2D eigenvalue weighted by Gasteiger charge is -2.02. The van der Waals surface area contributed by atoms with E-state index in [0.29, 0.717) is 0 Å². The van der Waals surface area contributed by atoms with Crippen molar-refractivity contribution in [3.05, 3.63) is 81.9 Å². The Morgan fingerprint density at radius 2 is 1.73 bits per heavy atom. The van der Waals surface area contributed by atoms with Crippen molar-refractivity contribution in [2.24, 2.45) is 4.99 Å². The molecule has 0 radical (unpaired) electrons. The Kier molecular flexibility index (Phi) is 4.75. The van der Waals surface area contributed by atoms with Gasteiger partial charge in [0.15, 0.2) is 0 Å². The van der Waals surface area contributed by atoms with Crippen molar-refractivity contribution in [1.82, 2.24) is 4.98 Å². The smallest absolute Gasteiger partial charge is 0.119 e. The zero-order chi connectivity index (χ0) is 17.9. The van der Waals surface area contributed by atoms with Gasteiger partial charge >= 0.3 is 0 Å². The summed E-state index contributed by atoms with van der Waals surface area (Å²) >= 11 is 2.30. The number of aromatic nitrogens is 1. The molecule has 0 unspecified atom stereocenters. The zero-order valence-corrected chi connectivity index (χ0v) is 16.4. The Hall–Kier alpha value is -2.60. The van der Waals surface area contributed by atoms with Gasteiger partial charge in [0.25, 0.3) is 0 Å². The van der Waals surface area contributed by atoms with Crippen LogP contribution in [-0.4, -0.2) is 18.3 Å². The van der Waals surface area contributed by atoms with Crippen LogP contribution < -0.4 is 4.74 Å². The van der Waals surface area contributed by atoms with Gasteiger partial charge in [-0.3, -0.25) is 4.99 Å². The number of aromatic amines is 1. The highest BCUT2D eigenvalue weighted by atomic mass is 127. The van der Waals surface area contributed by atoms with Gasteiger partial charge in [-0.2, -0.15) is 0 Å². The number of methoxy groups -OCH3 is 1. The van der Waals surface area contributed by atoms with Gasteiger partial charge in [0.05, 0.1) is 18.5 Å². The van der Waals surface area contributed by atoms with Gasteiger partial charge in [-0.15, -0.1) is 0 Å². The lowest BCUT2D eigenvalue weighted by atomic mass is 10.1. The number of nitrogens with zero attached hydrogens (tertiary/aromatic N) is 1. The van der Waals surface area contributed by atoms with Gasteiger partial charge in [0, 0.05) is 26.3 Å². The average Bonchev–Trinajstić information content (AvgIpc) is 3.06. The van der Waals surface area contributed by atoms with Crippen LogP contribution >= 0.6 is 22.6 Å². The second-order valence-electron chi connectivity index (χ2n) is 5.93. The summed E-state index contributed by atoms with van der Waals surface area (Å²) in [5.74, 6) is 0.833. The average molecular weight is 452 g/mol. The monoisotopic (exact) mass is 452 g/mol. The van der Waals surface area contributed by atoms with E-state index in [1.807, 2.05) is 54.7 Å². The molecule has 0 aliphatic rings. The molecule has 128 valence electrons. The van der Waals surface area contributed by atoms with Crippen LogP contribution in [0.2, 0.25) is 0 Å². The van der Waals surface area contributed by atoms with Crippen LogP contribution in [0.1, 0.15) is 5.56 Å². The van der Waals surface area contributed by atoms with Crippen LogP contribution in [0, 0.1) is 3.57 Å². The standard InChI is InChI=1S/C22H17IN2O/c1-26-18-11-12-21-19(13-18)20(14-24-17-9-7-16(23)8-10-17)22(25-21)15-5-3-2-4-6-15/h2-14,25H,1H3. The number of hydrogen-bond acceptors (Lipinski definition) is 2. The maximum Gasteiger partial charge on any atom is 0.119 e. The van der Waals surface area contributed by atoms with Crippen molar-refractivity contribution in [2.75, 3.05) is 7.11 Å². The molecule has 0 atom stereocenters. The van der Waals surface area contributed by atoms with Crippen LogP contribution in [0.5, 0.6) is 5.75 Å². The summed E-state index contributed by atoms with van der Waals surface area (Å²) in [5, 5.41) is 1.09. The van der Waals surface area contributed by atoms with E-state index in [4.69, 9.17) is 9.73 Å². The van der Waals surface area contributed by atoms with E-state index in [1.54, 1.807) is 7.11 Å². The Bertz CT molecular complexity index is 1070. The van der Waals surface area contributed by atoms with Crippen LogP contribution in [0.3, 0.4) is 0 Å². The summed E-state index contributed by atoms with van der Waals surface area (Å²) in [7, 11) is 1.69. The molecule has 4 rings (SSSR count). The summed E-state index contributed by atoms with van der Waals surface area (Å²) < 4.78 is 6.61. The summed E-state index contributed by atoms with van der Waals surface area (Å²) in [4.78, 5) is 8.22. The molecule has 1 N–H and O–H groups in total. The van der Waals surface area contributed by atoms with Crippen molar-refractivity contribution >= 4 is 45.4 Å². The molecule has 0 spiro atoms. The molecule has 3 aromatic carbocycles. The van der Waals surface area contributed by atoms with Crippen LogP contribution in [0.15, 0.2) is 77.8 Å². The van der Waals surface area contributed by atoms with E-state index in [-0.39, 0.29) is 0 Å². The first-order chi connectivity index (χ1) is 12.7. The number of fused-ring (bicyclic) bond motifs is 1. The maximum absolute atomic E-state index is 5.41. The lowest BCUT2D eigenvalue weighted by molar-refractivity contribution is 0.415. The minimum absolute atomic E-state index is 0.833. The van der Waals surface area contributed by atoms with E-state index in [0.717, 1.165) is 39.2 Å². The summed E-state index contributed by atoms with van der Waals surface area (Å²) in [6, 6.07) is 24.5.